The zero-order valence-electron chi connectivity index (χ0n) is 5.00. The van der Waals surface area contributed by atoms with Crippen LogP contribution in [0.5, 0.6) is 0 Å². The van der Waals surface area contributed by atoms with Gasteiger partial charge in [0.15, 0.2) is 0 Å². The summed E-state index contributed by atoms with van der Waals surface area (Å²) in [7, 11) is 0. The Balaban J connectivity index is 2.39. The molecule has 1 saturated heterocycles. The highest BCUT2D eigenvalue weighted by molar-refractivity contribution is 5.54. The van der Waals surface area contributed by atoms with Gasteiger partial charge in [0, 0.05) is 12.5 Å². The molecule has 1 N–H and O–H groups in total. The second kappa shape index (κ2) is 2.60. The van der Waals surface area contributed by atoms with Crippen molar-refractivity contribution in [2.45, 2.75) is 12.5 Å². The summed E-state index contributed by atoms with van der Waals surface area (Å²) in [6, 6.07) is 1.96. The molecule has 0 spiro atoms. The van der Waals surface area contributed by atoms with Crippen LogP contribution in [0.15, 0.2) is 0 Å². The van der Waals surface area contributed by atoms with E-state index in [1.165, 1.54) is 0 Å². The first-order chi connectivity index (χ1) is 4.36. The van der Waals surface area contributed by atoms with Gasteiger partial charge in [0.05, 0.1) is 12.1 Å². The number of hydrogen-bond acceptors (Lipinski definition) is 3. The van der Waals surface area contributed by atoms with Gasteiger partial charge in [-0.05, 0) is 6.42 Å². The number of hydrogen-bond donors (Lipinski definition) is 1. The smallest absolute Gasteiger partial charge is 0.124 e. The van der Waals surface area contributed by atoms with Crippen molar-refractivity contribution >= 4 is 6.29 Å². The number of nitrogens with one attached hydrogen (secondary N) is 1. The summed E-state index contributed by atoms with van der Waals surface area (Å²) in [4.78, 5) is 10.1. The summed E-state index contributed by atoms with van der Waals surface area (Å²) in [5, 5.41) is 11.3. The Morgan fingerprint density at radius 2 is 2.56 bits per heavy atom. The van der Waals surface area contributed by atoms with Gasteiger partial charge in [0.25, 0.3) is 0 Å². The highest BCUT2D eigenvalue weighted by Gasteiger charge is 2.22. The van der Waals surface area contributed by atoms with Gasteiger partial charge < -0.3 is 10.1 Å². The van der Waals surface area contributed by atoms with Crippen LogP contribution in [-0.2, 0) is 4.79 Å². The van der Waals surface area contributed by atoms with E-state index in [4.69, 9.17) is 5.26 Å². The Hall–Kier alpha value is -0.880. The van der Waals surface area contributed by atoms with E-state index in [0.717, 1.165) is 6.29 Å². The fraction of sp³-hybridized carbons (Fsp3) is 0.667. The molecule has 1 aliphatic heterocycles. The molecular weight excluding hydrogens is 116 g/mol. The van der Waals surface area contributed by atoms with Gasteiger partial charge >= 0.3 is 0 Å². The second-order valence-corrected chi connectivity index (χ2v) is 2.22. The first-order valence-corrected chi connectivity index (χ1v) is 2.95. The topological polar surface area (TPSA) is 52.9 Å². The number of nitriles is 1. The predicted molar refractivity (Wildman–Crippen MR) is 31.6 cm³/mol. The highest BCUT2D eigenvalue weighted by atomic mass is 16.1. The quantitative estimate of drug-likeness (QED) is 0.488. The maximum atomic E-state index is 10.1. The lowest BCUT2D eigenvalue weighted by molar-refractivity contribution is -0.110. The van der Waals surface area contributed by atoms with Crippen LogP contribution in [0.4, 0.5) is 0 Å². The Bertz CT molecular complexity index is 150. The average Bonchev–Trinajstić information content (AvgIpc) is 2.34. The monoisotopic (exact) mass is 124 g/mol. The van der Waals surface area contributed by atoms with Crippen molar-refractivity contribution in [1.29, 1.82) is 5.26 Å². The predicted octanol–water partition coefficient (Wildman–Crippen LogP) is -0.313. The van der Waals surface area contributed by atoms with Crippen molar-refractivity contribution < 1.29 is 4.79 Å². The fourth-order valence-electron chi connectivity index (χ4n) is 0.965. The SMILES string of the molecule is N#CC1CC(C=O)CN1. The Labute approximate surface area is 53.7 Å². The molecule has 2 unspecified atom stereocenters. The lowest BCUT2D eigenvalue weighted by Crippen LogP contribution is -2.18. The number of aldehydes is 1. The Morgan fingerprint density at radius 3 is 2.89 bits per heavy atom. The normalized spacial score (nSPS) is 33.7. The van der Waals surface area contributed by atoms with Gasteiger partial charge in [-0.2, -0.15) is 5.26 Å². The van der Waals surface area contributed by atoms with Crippen LogP contribution in [-0.4, -0.2) is 18.9 Å². The van der Waals surface area contributed by atoms with Crippen LogP contribution in [0.2, 0.25) is 0 Å². The minimum absolute atomic E-state index is 0.0645. The molecule has 0 bridgehead atoms. The number of nitrogens with zero attached hydrogens (tertiary/aromatic N) is 1. The van der Waals surface area contributed by atoms with E-state index in [1.807, 2.05) is 0 Å². The van der Waals surface area contributed by atoms with Crippen molar-refractivity contribution in [1.82, 2.24) is 5.32 Å². The van der Waals surface area contributed by atoms with E-state index < -0.39 is 0 Å². The molecule has 3 heteroatoms. The molecular formula is C6H8N2O. The molecule has 1 aliphatic rings. The number of rotatable bonds is 1. The molecule has 2 atom stereocenters. The summed E-state index contributed by atoms with van der Waals surface area (Å²) in [5.74, 6) is 0.0645. The lowest BCUT2D eigenvalue weighted by Gasteiger charge is -1.92. The molecule has 1 heterocycles. The van der Waals surface area contributed by atoms with E-state index in [2.05, 4.69) is 11.4 Å². The average molecular weight is 124 g/mol. The molecule has 1 rings (SSSR count). The van der Waals surface area contributed by atoms with E-state index in [1.54, 1.807) is 0 Å². The minimum Gasteiger partial charge on any atom is -0.303 e. The fourth-order valence-corrected chi connectivity index (χ4v) is 0.965. The van der Waals surface area contributed by atoms with Crippen LogP contribution in [0, 0.1) is 17.2 Å². The lowest BCUT2D eigenvalue weighted by atomic mass is 10.1. The van der Waals surface area contributed by atoms with Crippen molar-refractivity contribution in [3.63, 3.8) is 0 Å². The van der Waals surface area contributed by atoms with Gasteiger partial charge in [-0.15, -0.1) is 0 Å². The van der Waals surface area contributed by atoms with E-state index in [-0.39, 0.29) is 12.0 Å². The maximum absolute atomic E-state index is 10.1. The van der Waals surface area contributed by atoms with Crippen molar-refractivity contribution in [3.8, 4) is 6.07 Å². The van der Waals surface area contributed by atoms with Gasteiger partial charge in [-0.3, -0.25) is 0 Å². The molecule has 0 aliphatic carbocycles. The molecule has 0 amide bonds. The summed E-state index contributed by atoms with van der Waals surface area (Å²) in [5.41, 5.74) is 0. The maximum Gasteiger partial charge on any atom is 0.124 e. The largest absolute Gasteiger partial charge is 0.303 e. The van der Waals surface area contributed by atoms with Crippen LogP contribution < -0.4 is 5.32 Å². The van der Waals surface area contributed by atoms with Gasteiger partial charge in [-0.25, -0.2) is 0 Å². The third-order valence-corrected chi connectivity index (χ3v) is 1.51. The van der Waals surface area contributed by atoms with E-state index >= 15 is 0 Å². The van der Waals surface area contributed by atoms with Crippen molar-refractivity contribution in [3.05, 3.63) is 0 Å². The molecule has 0 aromatic heterocycles. The molecule has 0 saturated carbocycles. The summed E-state index contributed by atoms with van der Waals surface area (Å²) in [6.07, 6.45) is 1.59. The molecule has 48 valence electrons. The van der Waals surface area contributed by atoms with Crippen molar-refractivity contribution in [2.75, 3.05) is 6.54 Å². The summed E-state index contributed by atoms with van der Waals surface area (Å²) in [6.45, 7) is 0.668. The molecule has 3 nitrogen and oxygen atoms in total. The van der Waals surface area contributed by atoms with Gasteiger partial charge in [0.2, 0.25) is 0 Å². The van der Waals surface area contributed by atoms with Crippen LogP contribution in [0.1, 0.15) is 6.42 Å². The first kappa shape index (κ1) is 6.24. The second-order valence-electron chi connectivity index (χ2n) is 2.22. The zero-order valence-corrected chi connectivity index (χ0v) is 5.00. The molecule has 1 fully saturated rings. The first-order valence-electron chi connectivity index (χ1n) is 2.95. The van der Waals surface area contributed by atoms with Gasteiger partial charge in [0.1, 0.15) is 6.29 Å². The van der Waals surface area contributed by atoms with Crippen molar-refractivity contribution in [2.24, 2.45) is 5.92 Å². The Kier molecular flexibility index (Phi) is 1.81. The van der Waals surface area contributed by atoms with Crippen LogP contribution >= 0.6 is 0 Å². The van der Waals surface area contributed by atoms with E-state index in [9.17, 15) is 4.79 Å². The highest BCUT2D eigenvalue weighted by Crippen LogP contribution is 2.09. The third kappa shape index (κ3) is 1.27. The molecule has 0 radical (unpaired) electrons. The molecule has 0 aromatic rings. The minimum atomic E-state index is -0.0970. The molecule has 0 aromatic carbocycles. The zero-order chi connectivity index (χ0) is 6.69. The third-order valence-electron chi connectivity index (χ3n) is 1.51. The standard InChI is InChI=1S/C6H8N2O/c7-2-6-1-5(4-9)3-8-6/h4-6,8H,1,3H2. The molecule has 9 heavy (non-hydrogen) atoms. The Morgan fingerprint density at radius 1 is 1.78 bits per heavy atom. The number of carbonyl (C=O) groups is 1. The van der Waals surface area contributed by atoms with Gasteiger partial charge in [-0.1, -0.05) is 0 Å². The van der Waals surface area contributed by atoms with Crippen LogP contribution in [0.25, 0.3) is 0 Å². The van der Waals surface area contributed by atoms with E-state index in [0.29, 0.717) is 13.0 Å². The number of carbonyl (C=O) groups excluding carboxylic acids is 1. The summed E-state index contributed by atoms with van der Waals surface area (Å²) < 4.78 is 0. The van der Waals surface area contributed by atoms with Crippen LogP contribution in [0.3, 0.4) is 0 Å². The summed E-state index contributed by atoms with van der Waals surface area (Å²) >= 11 is 0.